The summed E-state index contributed by atoms with van der Waals surface area (Å²) in [5.41, 5.74) is 1.24. The summed E-state index contributed by atoms with van der Waals surface area (Å²) in [5, 5.41) is 0.565. The Morgan fingerprint density at radius 2 is 1.83 bits per heavy atom. The molecule has 126 valence electrons. The molecule has 1 heterocycles. The van der Waals surface area contributed by atoms with Crippen LogP contribution in [0.5, 0.6) is 11.5 Å². The zero-order valence-electron chi connectivity index (χ0n) is 12.6. The fraction of sp³-hybridized carbons (Fsp3) is 0.235. The van der Waals surface area contributed by atoms with Gasteiger partial charge in [0.2, 0.25) is 6.79 Å². The largest absolute Gasteiger partial charge is 0.454 e. The number of fused-ring (bicyclic) bond motifs is 1. The van der Waals surface area contributed by atoms with Crippen LogP contribution in [0, 0.1) is 0 Å². The molecule has 0 bridgehead atoms. The lowest BCUT2D eigenvalue weighted by molar-refractivity contribution is 0.0302. The van der Waals surface area contributed by atoms with Crippen molar-refractivity contribution in [1.82, 2.24) is 0 Å². The van der Waals surface area contributed by atoms with Crippen LogP contribution in [0.15, 0.2) is 40.9 Å². The first-order chi connectivity index (χ1) is 11.5. The first kappa shape index (κ1) is 17.6. The smallest absolute Gasteiger partial charge is 0.338 e. The van der Waals surface area contributed by atoms with Crippen molar-refractivity contribution in [3.05, 3.63) is 57.0 Å². The predicted octanol–water partition coefficient (Wildman–Crippen LogP) is 5.51. The van der Waals surface area contributed by atoms with Crippen molar-refractivity contribution in [2.24, 2.45) is 0 Å². The number of halogens is 3. The monoisotopic (exact) mass is 474 g/mol. The average Bonchev–Trinajstić information content (AvgIpc) is 2.99. The van der Waals surface area contributed by atoms with Gasteiger partial charge in [-0.2, -0.15) is 0 Å². The van der Waals surface area contributed by atoms with Crippen molar-refractivity contribution >= 4 is 49.4 Å². The molecule has 0 N–H and O–H groups in total. The van der Waals surface area contributed by atoms with Gasteiger partial charge in [-0.1, -0.05) is 43.5 Å². The van der Waals surface area contributed by atoms with Crippen molar-refractivity contribution < 1.29 is 19.0 Å². The number of benzene rings is 2. The first-order valence-electron chi connectivity index (χ1n) is 7.15. The van der Waals surface area contributed by atoms with Gasteiger partial charge in [-0.15, -0.1) is 0 Å². The Kier molecular flexibility index (Phi) is 5.37. The summed E-state index contributed by atoms with van der Waals surface area (Å²) < 4.78 is 17.3. The molecule has 2 aromatic carbocycles. The fourth-order valence-electron chi connectivity index (χ4n) is 2.32. The van der Waals surface area contributed by atoms with Gasteiger partial charge in [-0.05, 0) is 43.3 Å². The minimum atomic E-state index is -0.503. The highest BCUT2D eigenvalue weighted by Gasteiger charge is 2.27. The second-order valence-electron chi connectivity index (χ2n) is 5.24. The molecule has 24 heavy (non-hydrogen) atoms. The average molecular weight is 477 g/mol. The van der Waals surface area contributed by atoms with E-state index in [2.05, 4.69) is 31.9 Å². The molecule has 2 atom stereocenters. The van der Waals surface area contributed by atoms with Gasteiger partial charge >= 0.3 is 5.97 Å². The lowest BCUT2D eigenvalue weighted by atomic mass is 10.1. The van der Waals surface area contributed by atoms with E-state index >= 15 is 0 Å². The van der Waals surface area contributed by atoms with Gasteiger partial charge < -0.3 is 14.2 Å². The van der Waals surface area contributed by atoms with E-state index in [1.165, 1.54) is 0 Å². The van der Waals surface area contributed by atoms with Gasteiger partial charge in [0, 0.05) is 15.1 Å². The standard InChI is InChI=1S/C17H13Br2ClO4/c1-9(18)16(24-17(21)10-2-4-11(20)5-3-10)12-6-14-15(7-13(12)19)23-8-22-14/h2-7,9,16H,8H2,1H3/t9-,16+/m1/s1. The molecule has 0 fully saturated rings. The second kappa shape index (κ2) is 7.33. The summed E-state index contributed by atoms with van der Waals surface area (Å²) in [7, 11) is 0. The molecule has 1 aliphatic heterocycles. The summed E-state index contributed by atoms with van der Waals surface area (Å²) in [6, 6.07) is 10.2. The molecule has 0 saturated heterocycles. The Morgan fingerprint density at radius 3 is 2.46 bits per heavy atom. The first-order valence-corrected chi connectivity index (χ1v) is 9.24. The maximum absolute atomic E-state index is 12.4. The van der Waals surface area contributed by atoms with Crippen molar-refractivity contribution in [2.45, 2.75) is 17.9 Å². The van der Waals surface area contributed by atoms with E-state index in [1.54, 1.807) is 24.3 Å². The Labute approximate surface area is 161 Å². The molecule has 1 aliphatic rings. The van der Waals surface area contributed by atoms with E-state index in [9.17, 15) is 4.79 Å². The highest BCUT2D eigenvalue weighted by Crippen LogP contribution is 2.41. The molecular weight excluding hydrogens is 463 g/mol. The number of esters is 1. The van der Waals surface area contributed by atoms with Crippen LogP contribution in [0.1, 0.15) is 28.9 Å². The van der Waals surface area contributed by atoms with Crippen LogP contribution < -0.4 is 9.47 Å². The van der Waals surface area contributed by atoms with Crippen molar-refractivity contribution in [1.29, 1.82) is 0 Å². The maximum Gasteiger partial charge on any atom is 0.338 e. The number of alkyl halides is 1. The molecule has 4 nitrogen and oxygen atoms in total. The molecule has 0 radical (unpaired) electrons. The molecular formula is C17H13Br2ClO4. The quantitative estimate of drug-likeness (QED) is 0.431. The molecule has 0 saturated carbocycles. The van der Waals surface area contributed by atoms with E-state index in [-0.39, 0.29) is 11.6 Å². The molecule has 2 aromatic rings. The molecule has 3 rings (SSSR count). The normalized spacial score (nSPS) is 15.0. The zero-order valence-corrected chi connectivity index (χ0v) is 16.5. The Morgan fingerprint density at radius 1 is 1.21 bits per heavy atom. The summed E-state index contributed by atoms with van der Waals surface area (Å²) in [5.74, 6) is 0.872. The highest BCUT2D eigenvalue weighted by molar-refractivity contribution is 9.10. The molecule has 0 aromatic heterocycles. The van der Waals surface area contributed by atoms with E-state index < -0.39 is 12.1 Å². The fourth-order valence-corrected chi connectivity index (χ4v) is 3.39. The van der Waals surface area contributed by atoms with Gasteiger partial charge in [0.1, 0.15) is 6.10 Å². The zero-order chi connectivity index (χ0) is 17.3. The van der Waals surface area contributed by atoms with Gasteiger partial charge in [0.15, 0.2) is 11.5 Å². The van der Waals surface area contributed by atoms with E-state index in [0.29, 0.717) is 22.1 Å². The topological polar surface area (TPSA) is 44.8 Å². The van der Waals surface area contributed by atoms with Crippen LogP contribution in [0.2, 0.25) is 5.02 Å². The van der Waals surface area contributed by atoms with Crippen molar-refractivity contribution in [2.75, 3.05) is 6.79 Å². The second-order valence-corrected chi connectivity index (χ2v) is 7.97. The third-order valence-corrected chi connectivity index (χ3v) is 4.95. The number of carbonyl (C=O) groups excluding carboxylic acids is 1. The van der Waals surface area contributed by atoms with Crippen LogP contribution in [0.4, 0.5) is 0 Å². The summed E-state index contributed by atoms with van der Waals surface area (Å²) >= 11 is 12.9. The van der Waals surface area contributed by atoms with Gasteiger partial charge in [0.05, 0.1) is 10.4 Å². The third kappa shape index (κ3) is 3.71. The number of rotatable bonds is 4. The number of ether oxygens (including phenoxy) is 3. The van der Waals surface area contributed by atoms with Crippen molar-refractivity contribution in [3.8, 4) is 11.5 Å². The minimum Gasteiger partial charge on any atom is -0.454 e. The molecule has 0 amide bonds. The third-order valence-electron chi connectivity index (χ3n) is 3.53. The number of hydrogen-bond donors (Lipinski definition) is 0. The van der Waals surface area contributed by atoms with Crippen LogP contribution in [-0.4, -0.2) is 17.6 Å². The Bertz CT molecular complexity index is 762. The highest BCUT2D eigenvalue weighted by atomic mass is 79.9. The summed E-state index contributed by atoms with van der Waals surface area (Å²) in [4.78, 5) is 12.3. The summed E-state index contributed by atoms with van der Waals surface area (Å²) in [6.45, 7) is 2.10. The van der Waals surface area contributed by atoms with Crippen LogP contribution in [0.3, 0.4) is 0 Å². The van der Waals surface area contributed by atoms with Crippen LogP contribution in [0.25, 0.3) is 0 Å². The number of hydrogen-bond acceptors (Lipinski definition) is 4. The summed E-state index contributed by atoms with van der Waals surface area (Å²) in [6.07, 6.45) is -0.503. The predicted molar refractivity (Wildman–Crippen MR) is 98.3 cm³/mol. The van der Waals surface area contributed by atoms with E-state index in [4.69, 9.17) is 25.8 Å². The Hall–Kier alpha value is -1.24. The Balaban J connectivity index is 1.88. The molecule has 0 aliphatic carbocycles. The van der Waals surface area contributed by atoms with Gasteiger partial charge in [-0.25, -0.2) is 4.79 Å². The van der Waals surface area contributed by atoms with Crippen molar-refractivity contribution in [3.63, 3.8) is 0 Å². The SMILES string of the molecule is C[C@@H](Br)[C@H](OC(=O)c1ccc(Cl)cc1)c1cc2c(cc1Br)OCO2. The lowest BCUT2D eigenvalue weighted by Crippen LogP contribution is -2.18. The lowest BCUT2D eigenvalue weighted by Gasteiger charge is -2.22. The molecule has 0 unspecified atom stereocenters. The van der Waals surface area contributed by atoms with Crippen LogP contribution in [-0.2, 0) is 4.74 Å². The van der Waals surface area contributed by atoms with Gasteiger partial charge in [-0.3, -0.25) is 0 Å². The van der Waals surface area contributed by atoms with Crippen LogP contribution >= 0.6 is 43.5 Å². The molecule has 7 heteroatoms. The van der Waals surface area contributed by atoms with E-state index in [0.717, 1.165) is 10.0 Å². The number of carbonyl (C=O) groups is 1. The van der Waals surface area contributed by atoms with E-state index in [1.807, 2.05) is 19.1 Å². The van der Waals surface area contributed by atoms with Gasteiger partial charge in [0.25, 0.3) is 0 Å². The maximum atomic E-state index is 12.4. The molecule has 0 spiro atoms. The minimum absolute atomic E-state index is 0.106.